The van der Waals surface area contributed by atoms with E-state index in [0.29, 0.717) is 6.61 Å². The third-order valence-electron chi connectivity index (χ3n) is 1.18. The van der Waals surface area contributed by atoms with Crippen molar-refractivity contribution in [3.63, 3.8) is 0 Å². The highest BCUT2D eigenvalue weighted by atomic mass is 16.5. The Morgan fingerprint density at radius 2 is 2.27 bits per heavy atom. The second kappa shape index (κ2) is 5.70. The molecule has 0 atom stereocenters. The van der Waals surface area contributed by atoms with Crippen LogP contribution in [0.15, 0.2) is 5.16 Å². The van der Waals surface area contributed by atoms with Gasteiger partial charge in [0.2, 0.25) is 0 Å². The zero-order valence-electron chi connectivity index (χ0n) is 6.83. The van der Waals surface area contributed by atoms with Crippen LogP contribution in [-0.2, 0) is 9.53 Å². The molecule has 0 rings (SSSR count). The summed E-state index contributed by atoms with van der Waals surface area (Å²) in [5, 5.41) is 10.9. The van der Waals surface area contributed by atoms with Gasteiger partial charge in [-0.15, -0.1) is 0 Å². The SMILES string of the molecule is CCCCOC(=O)/C(C)=N\O. The van der Waals surface area contributed by atoms with Crippen molar-refractivity contribution >= 4 is 11.7 Å². The molecule has 0 saturated carbocycles. The van der Waals surface area contributed by atoms with Gasteiger partial charge in [0, 0.05) is 0 Å². The van der Waals surface area contributed by atoms with Gasteiger partial charge in [0.15, 0.2) is 5.71 Å². The van der Waals surface area contributed by atoms with Gasteiger partial charge in [0.1, 0.15) is 0 Å². The lowest BCUT2D eigenvalue weighted by Gasteiger charge is -2.00. The minimum atomic E-state index is -0.555. The van der Waals surface area contributed by atoms with Crippen molar-refractivity contribution in [1.82, 2.24) is 0 Å². The second-order valence-corrected chi connectivity index (χ2v) is 2.17. The molecule has 1 N–H and O–H groups in total. The highest BCUT2D eigenvalue weighted by Crippen LogP contribution is 1.89. The van der Waals surface area contributed by atoms with Gasteiger partial charge in [-0.25, -0.2) is 4.79 Å². The maximum Gasteiger partial charge on any atom is 0.355 e. The van der Waals surface area contributed by atoms with Gasteiger partial charge in [-0.1, -0.05) is 18.5 Å². The van der Waals surface area contributed by atoms with Crippen LogP contribution >= 0.6 is 0 Å². The van der Waals surface area contributed by atoms with E-state index >= 15 is 0 Å². The molecule has 0 aliphatic heterocycles. The van der Waals surface area contributed by atoms with E-state index in [2.05, 4.69) is 5.16 Å². The van der Waals surface area contributed by atoms with Gasteiger partial charge in [-0.2, -0.15) is 0 Å². The molecule has 0 aromatic heterocycles. The molecule has 11 heavy (non-hydrogen) atoms. The zero-order valence-corrected chi connectivity index (χ0v) is 6.83. The minimum absolute atomic E-state index is 0.0129. The molecule has 4 heteroatoms. The lowest BCUT2D eigenvalue weighted by atomic mass is 10.3. The summed E-state index contributed by atoms with van der Waals surface area (Å²) >= 11 is 0. The van der Waals surface area contributed by atoms with Crippen molar-refractivity contribution in [2.45, 2.75) is 26.7 Å². The molecular weight excluding hydrogens is 146 g/mol. The molecule has 0 aliphatic carbocycles. The molecular formula is C7H13NO3. The Bertz CT molecular complexity index is 154. The Balaban J connectivity index is 3.53. The predicted octanol–water partition coefficient (Wildman–Crippen LogP) is 1.18. The molecule has 0 radical (unpaired) electrons. The number of unbranched alkanes of at least 4 members (excludes halogenated alkanes) is 1. The lowest BCUT2D eigenvalue weighted by molar-refractivity contribution is -0.135. The zero-order chi connectivity index (χ0) is 8.69. The maximum atomic E-state index is 10.7. The van der Waals surface area contributed by atoms with Crippen molar-refractivity contribution in [2.24, 2.45) is 5.16 Å². The Labute approximate surface area is 65.8 Å². The van der Waals surface area contributed by atoms with Crippen molar-refractivity contribution in [3.8, 4) is 0 Å². The Kier molecular flexibility index (Phi) is 5.15. The molecule has 64 valence electrons. The van der Waals surface area contributed by atoms with Crippen LogP contribution in [-0.4, -0.2) is 23.5 Å². The minimum Gasteiger partial charge on any atom is -0.461 e. The van der Waals surface area contributed by atoms with E-state index in [1.807, 2.05) is 6.92 Å². The monoisotopic (exact) mass is 159 g/mol. The van der Waals surface area contributed by atoms with Gasteiger partial charge in [-0.3, -0.25) is 0 Å². The summed E-state index contributed by atoms with van der Waals surface area (Å²) in [7, 11) is 0. The first-order valence-corrected chi connectivity index (χ1v) is 3.58. The number of hydrogen-bond acceptors (Lipinski definition) is 4. The van der Waals surface area contributed by atoms with E-state index < -0.39 is 5.97 Å². The number of carbonyl (C=O) groups excluding carboxylic acids is 1. The molecule has 4 nitrogen and oxygen atoms in total. The largest absolute Gasteiger partial charge is 0.461 e. The number of rotatable bonds is 4. The highest BCUT2D eigenvalue weighted by Gasteiger charge is 2.05. The number of nitrogens with zero attached hydrogens (tertiary/aromatic N) is 1. The molecule has 0 fully saturated rings. The summed E-state index contributed by atoms with van der Waals surface area (Å²) in [4.78, 5) is 10.7. The summed E-state index contributed by atoms with van der Waals surface area (Å²) in [6.45, 7) is 3.79. The molecule has 0 spiro atoms. The van der Waals surface area contributed by atoms with Crippen molar-refractivity contribution in [1.29, 1.82) is 0 Å². The van der Waals surface area contributed by atoms with Crippen molar-refractivity contribution in [2.75, 3.05) is 6.61 Å². The molecule has 0 unspecified atom stereocenters. The van der Waals surface area contributed by atoms with Crippen LogP contribution in [0.4, 0.5) is 0 Å². The van der Waals surface area contributed by atoms with E-state index in [1.54, 1.807) is 0 Å². The number of ether oxygens (including phenoxy) is 1. The summed E-state index contributed by atoms with van der Waals surface area (Å²) in [6.07, 6.45) is 1.81. The van der Waals surface area contributed by atoms with Crippen LogP contribution in [0, 0.1) is 0 Å². The molecule has 0 bridgehead atoms. The topological polar surface area (TPSA) is 58.9 Å². The first-order chi connectivity index (χ1) is 5.22. The first-order valence-electron chi connectivity index (χ1n) is 3.58. The highest BCUT2D eigenvalue weighted by molar-refractivity contribution is 6.35. The molecule has 0 aromatic rings. The predicted molar refractivity (Wildman–Crippen MR) is 40.8 cm³/mol. The van der Waals surface area contributed by atoms with Crippen LogP contribution in [0.25, 0.3) is 0 Å². The van der Waals surface area contributed by atoms with Crippen molar-refractivity contribution in [3.05, 3.63) is 0 Å². The van der Waals surface area contributed by atoms with Crippen LogP contribution in [0.1, 0.15) is 26.7 Å². The first kappa shape index (κ1) is 9.94. The van der Waals surface area contributed by atoms with Gasteiger partial charge in [0.25, 0.3) is 0 Å². The van der Waals surface area contributed by atoms with Crippen LogP contribution < -0.4 is 0 Å². The van der Waals surface area contributed by atoms with Gasteiger partial charge >= 0.3 is 5.97 Å². The molecule has 0 saturated heterocycles. The average molecular weight is 159 g/mol. The maximum absolute atomic E-state index is 10.7. The molecule has 0 heterocycles. The Morgan fingerprint density at radius 3 is 2.73 bits per heavy atom. The van der Waals surface area contributed by atoms with E-state index in [0.717, 1.165) is 12.8 Å². The number of oxime groups is 1. The lowest BCUT2D eigenvalue weighted by Crippen LogP contribution is -2.14. The van der Waals surface area contributed by atoms with Crippen LogP contribution in [0.2, 0.25) is 0 Å². The normalized spacial score (nSPS) is 11.3. The fourth-order valence-electron chi connectivity index (χ4n) is 0.454. The van der Waals surface area contributed by atoms with Gasteiger partial charge in [0.05, 0.1) is 6.61 Å². The number of hydrogen-bond donors (Lipinski definition) is 1. The molecule has 0 aromatic carbocycles. The summed E-state index contributed by atoms with van der Waals surface area (Å²) < 4.78 is 4.71. The van der Waals surface area contributed by atoms with Gasteiger partial charge in [-0.05, 0) is 13.3 Å². The number of esters is 1. The molecule has 0 aliphatic rings. The van der Waals surface area contributed by atoms with E-state index in [-0.39, 0.29) is 5.71 Å². The van der Waals surface area contributed by atoms with Crippen molar-refractivity contribution < 1.29 is 14.7 Å². The van der Waals surface area contributed by atoms with Gasteiger partial charge < -0.3 is 9.94 Å². The summed E-state index contributed by atoms with van der Waals surface area (Å²) in [5.74, 6) is -0.555. The third kappa shape index (κ3) is 4.36. The third-order valence-corrected chi connectivity index (χ3v) is 1.18. The van der Waals surface area contributed by atoms with Crippen LogP contribution in [0.3, 0.4) is 0 Å². The summed E-state index contributed by atoms with van der Waals surface area (Å²) in [6, 6.07) is 0. The fraction of sp³-hybridized carbons (Fsp3) is 0.714. The van der Waals surface area contributed by atoms with E-state index in [1.165, 1.54) is 6.92 Å². The quantitative estimate of drug-likeness (QED) is 0.220. The Hall–Kier alpha value is -1.06. The Morgan fingerprint density at radius 1 is 1.64 bits per heavy atom. The summed E-state index contributed by atoms with van der Waals surface area (Å²) in [5.41, 5.74) is -0.0129. The second-order valence-electron chi connectivity index (χ2n) is 2.17. The smallest absolute Gasteiger partial charge is 0.355 e. The molecule has 0 amide bonds. The standard InChI is InChI=1S/C7H13NO3/c1-3-4-5-11-7(9)6(2)8-10/h10H,3-5H2,1-2H3/b8-6-. The average Bonchev–Trinajstić information content (AvgIpc) is 2.03. The van der Waals surface area contributed by atoms with E-state index in [9.17, 15) is 4.79 Å². The van der Waals surface area contributed by atoms with Crippen LogP contribution in [0.5, 0.6) is 0 Å². The van der Waals surface area contributed by atoms with E-state index in [4.69, 9.17) is 9.94 Å². The fourth-order valence-corrected chi connectivity index (χ4v) is 0.454. The number of carbonyl (C=O) groups is 1.